The van der Waals surface area contributed by atoms with Gasteiger partial charge in [0.15, 0.2) is 0 Å². The second-order valence-electron chi connectivity index (χ2n) is 5.70. The second-order valence-corrected chi connectivity index (χ2v) is 5.70. The van der Waals surface area contributed by atoms with Gasteiger partial charge >= 0.3 is 6.03 Å². The summed E-state index contributed by atoms with van der Waals surface area (Å²) in [4.78, 5) is 11.9. The van der Waals surface area contributed by atoms with Crippen molar-refractivity contribution in [2.45, 2.75) is 31.0 Å². The zero-order chi connectivity index (χ0) is 15.4. The molecule has 2 amide bonds. The van der Waals surface area contributed by atoms with E-state index >= 15 is 0 Å². The van der Waals surface area contributed by atoms with Crippen LogP contribution in [0.4, 0.5) is 4.79 Å². The van der Waals surface area contributed by atoms with E-state index in [1.54, 1.807) is 0 Å². The number of benzene rings is 2. The average molecular weight is 296 g/mol. The molecule has 3 rings (SSSR count). The molecule has 4 heteroatoms. The van der Waals surface area contributed by atoms with Crippen LogP contribution in [-0.4, -0.2) is 29.3 Å². The van der Waals surface area contributed by atoms with Crippen molar-refractivity contribution in [3.8, 4) is 0 Å². The Morgan fingerprint density at radius 2 is 1.18 bits per heavy atom. The molecule has 1 aliphatic heterocycles. The lowest BCUT2D eigenvalue weighted by molar-refractivity contribution is 0.0745. The molecule has 4 nitrogen and oxygen atoms in total. The third kappa shape index (κ3) is 3.46. The molecule has 22 heavy (non-hydrogen) atoms. The number of rotatable bonds is 4. The summed E-state index contributed by atoms with van der Waals surface area (Å²) >= 11 is 0. The highest BCUT2D eigenvalue weighted by molar-refractivity contribution is 5.76. The summed E-state index contributed by atoms with van der Waals surface area (Å²) < 4.78 is 0. The smallest absolute Gasteiger partial charge is 0.315 e. The predicted molar refractivity (Wildman–Crippen MR) is 85.5 cm³/mol. The lowest BCUT2D eigenvalue weighted by Gasteiger charge is -2.36. The third-order valence-corrected chi connectivity index (χ3v) is 4.05. The topological polar surface area (TPSA) is 61.4 Å². The molecule has 1 aliphatic rings. The number of urea groups is 1. The van der Waals surface area contributed by atoms with Crippen LogP contribution >= 0.6 is 0 Å². The van der Waals surface area contributed by atoms with Crippen LogP contribution in [0.3, 0.4) is 0 Å². The maximum absolute atomic E-state index is 11.9. The minimum atomic E-state index is -0.627. The molecule has 0 spiro atoms. The average Bonchev–Trinajstić information content (AvgIpc) is 2.54. The van der Waals surface area contributed by atoms with Crippen LogP contribution in [0.1, 0.15) is 11.1 Å². The van der Waals surface area contributed by atoms with Gasteiger partial charge < -0.3 is 15.7 Å². The van der Waals surface area contributed by atoms with Gasteiger partial charge in [-0.05, 0) is 24.0 Å². The summed E-state index contributed by atoms with van der Waals surface area (Å²) in [5.41, 5.74) is 2.21. The Balaban J connectivity index is 1.71. The van der Waals surface area contributed by atoms with Crippen molar-refractivity contribution in [3.05, 3.63) is 71.8 Å². The first kappa shape index (κ1) is 14.6. The Bertz CT molecular complexity index is 562. The van der Waals surface area contributed by atoms with Crippen LogP contribution in [0, 0.1) is 0 Å². The number of amides is 2. The summed E-state index contributed by atoms with van der Waals surface area (Å²) in [5, 5.41) is 16.3. The molecular weight excluding hydrogens is 276 g/mol. The molecule has 1 heterocycles. The Kier molecular flexibility index (Phi) is 4.39. The van der Waals surface area contributed by atoms with E-state index in [1.165, 1.54) is 0 Å². The van der Waals surface area contributed by atoms with Crippen LogP contribution in [0.2, 0.25) is 0 Å². The van der Waals surface area contributed by atoms with Gasteiger partial charge in [-0.25, -0.2) is 4.79 Å². The Morgan fingerprint density at radius 1 is 0.773 bits per heavy atom. The molecule has 0 saturated carbocycles. The van der Waals surface area contributed by atoms with Crippen molar-refractivity contribution in [1.82, 2.24) is 10.6 Å². The standard InChI is InChI=1S/C18H20N2O2/c21-17-15(11-13-7-3-1-4-8-13)19-18(22)20-16(17)12-14-9-5-2-6-10-14/h1-10,15-17,21H,11-12H2,(H2,19,20,22). The molecule has 0 bridgehead atoms. The van der Waals surface area contributed by atoms with Crippen molar-refractivity contribution in [3.63, 3.8) is 0 Å². The highest BCUT2D eigenvalue weighted by Gasteiger charge is 2.34. The van der Waals surface area contributed by atoms with Crippen molar-refractivity contribution in [1.29, 1.82) is 0 Å². The van der Waals surface area contributed by atoms with E-state index in [2.05, 4.69) is 10.6 Å². The van der Waals surface area contributed by atoms with Gasteiger partial charge in [0, 0.05) is 0 Å². The van der Waals surface area contributed by atoms with Gasteiger partial charge in [-0.1, -0.05) is 60.7 Å². The summed E-state index contributed by atoms with van der Waals surface area (Å²) in [6.07, 6.45) is 0.625. The molecule has 2 aromatic carbocycles. The van der Waals surface area contributed by atoms with E-state index in [0.29, 0.717) is 12.8 Å². The number of hydrogen-bond acceptors (Lipinski definition) is 2. The zero-order valence-electron chi connectivity index (χ0n) is 12.3. The van der Waals surface area contributed by atoms with Gasteiger partial charge in [0.2, 0.25) is 0 Å². The molecule has 1 fully saturated rings. The predicted octanol–water partition coefficient (Wildman–Crippen LogP) is 1.88. The molecule has 1 saturated heterocycles. The molecule has 0 aliphatic carbocycles. The minimum Gasteiger partial charge on any atom is -0.389 e. The third-order valence-electron chi connectivity index (χ3n) is 4.05. The molecule has 2 aromatic rings. The Hall–Kier alpha value is -2.33. The highest BCUT2D eigenvalue weighted by atomic mass is 16.3. The number of carbonyl (C=O) groups excluding carboxylic acids is 1. The minimum absolute atomic E-state index is 0.216. The molecule has 2 atom stereocenters. The Labute approximate surface area is 130 Å². The van der Waals surface area contributed by atoms with E-state index in [0.717, 1.165) is 11.1 Å². The zero-order valence-corrected chi connectivity index (χ0v) is 12.3. The molecule has 2 unspecified atom stereocenters. The number of carbonyl (C=O) groups is 1. The molecular formula is C18H20N2O2. The van der Waals surface area contributed by atoms with Gasteiger partial charge in [-0.3, -0.25) is 0 Å². The number of aliphatic hydroxyl groups excluding tert-OH is 1. The van der Waals surface area contributed by atoms with Gasteiger partial charge in [0.05, 0.1) is 18.2 Å². The van der Waals surface area contributed by atoms with Crippen molar-refractivity contribution >= 4 is 6.03 Å². The first-order valence-corrected chi connectivity index (χ1v) is 7.55. The van der Waals surface area contributed by atoms with Crippen LogP contribution in [0.5, 0.6) is 0 Å². The number of nitrogens with one attached hydrogen (secondary N) is 2. The van der Waals surface area contributed by atoms with Crippen molar-refractivity contribution < 1.29 is 9.90 Å². The van der Waals surface area contributed by atoms with Crippen LogP contribution < -0.4 is 10.6 Å². The number of hydrogen-bond donors (Lipinski definition) is 3. The fraction of sp³-hybridized carbons (Fsp3) is 0.278. The fourth-order valence-corrected chi connectivity index (χ4v) is 2.91. The molecule has 0 aromatic heterocycles. The van der Waals surface area contributed by atoms with E-state index in [4.69, 9.17) is 0 Å². The highest BCUT2D eigenvalue weighted by Crippen LogP contribution is 2.15. The van der Waals surface area contributed by atoms with Crippen molar-refractivity contribution in [2.75, 3.05) is 0 Å². The maximum Gasteiger partial charge on any atom is 0.315 e. The van der Waals surface area contributed by atoms with E-state index in [-0.39, 0.29) is 18.1 Å². The van der Waals surface area contributed by atoms with Crippen LogP contribution in [0.25, 0.3) is 0 Å². The summed E-state index contributed by atoms with van der Waals surface area (Å²) in [7, 11) is 0. The Morgan fingerprint density at radius 3 is 1.59 bits per heavy atom. The second kappa shape index (κ2) is 6.62. The van der Waals surface area contributed by atoms with Gasteiger partial charge in [0.25, 0.3) is 0 Å². The van der Waals surface area contributed by atoms with Crippen LogP contribution in [0.15, 0.2) is 60.7 Å². The maximum atomic E-state index is 11.9. The normalized spacial score (nSPS) is 24.4. The van der Waals surface area contributed by atoms with E-state index in [1.807, 2.05) is 60.7 Å². The quantitative estimate of drug-likeness (QED) is 0.807. The SMILES string of the molecule is O=C1NC(Cc2ccccc2)C(O)C(Cc2ccccc2)N1. The summed E-state index contributed by atoms with van der Waals surface area (Å²) in [6, 6.07) is 19.0. The first-order valence-electron chi connectivity index (χ1n) is 7.55. The molecule has 3 N–H and O–H groups in total. The van der Waals surface area contributed by atoms with Crippen LogP contribution in [-0.2, 0) is 12.8 Å². The lowest BCUT2D eigenvalue weighted by Crippen LogP contribution is -2.64. The number of aliphatic hydroxyl groups is 1. The first-order chi connectivity index (χ1) is 10.7. The van der Waals surface area contributed by atoms with E-state index in [9.17, 15) is 9.90 Å². The fourth-order valence-electron chi connectivity index (χ4n) is 2.91. The molecule has 0 radical (unpaired) electrons. The molecule has 114 valence electrons. The monoisotopic (exact) mass is 296 g/mol. The van der Waals surface area contributed by atoms with Crippen molar-refractivity contribution in [2.24, 2.45) is 0 Å². The summed E-state index contributed by atoms with van der Waals surface area (Å²) in [5.74, 6) is 0. The largest absolute Gasteiger partial charge is 0.389 e. The summed E-state index contributed by atoms with van der Waals surface area (Å²) in [6.45, 7) is 0. The van der Waals surface area contributed by atoms with E-state index < -0.39 is 6.10 Å². The van der Waals surface area contributed by atoms with Gasteiger partial charge in [-0.15, -0.1) is 0 Å². The van der Waals surface area contributed by atoms with Gasteiger partial charge in [0.1, 0.15) is 0 Å². The van der Waals surface area contributed by atoms with Gasteiger partial charge in [-0.2, -0.15) is 0 Å². The lowest BCUT2D eigenvalue weighted by atomic mass is 9.91.